The van der Waals surface area contributed by atoms with Gasteiger partial charge in [-0.1, -0.05) is 11.3 Å². The number of nitrogens with two attached hydrogens (primary N) is 1. The molecule has 0 saturated carbocycles. The molecule has 15 heavy (non-hydrogen) atoms. The highest BCUT2D eigenvalue weighted by Gasteiger charge is 2.10. The molecule has 2 N–H and O–H groups in total. The van der Waals surface area contributed by atoms with E-state index in [-0.39, 0.29) is 5.69 Å². The Morgan fingerprint density at radius 3 is 2.80 bits per heavy atom. The highest BCUT2D eigenvalue weighted by molar-refractivity contribution is 7.18. The standard InChI is InChI=1S/C7H5N5O2S/c8-7-11-10-6(15-7)4-1-5(12(13)14)3-9-2-4/h1-3H,(H2,8,11). The topological polar surface area (TPSA) is 108 Å². The maximum absolute atomic E-state index is 10.5. The molecule has 0 unspecified atom stereocenters. The molecule has 0 amide bonds. The quantitative estimate of drug-likeness (QED) is 0.603. The third-order valence-electron chi connectivity index (χ3n) is 1.62. The molecular formula is C7H5N5O2S. The molecule has 7 nitrogen and oxygen atoms in total. The van der Waals surface area contributed by atoms with E-state index in [0.29, 0.717) is 15.7 Å². The lowest BCUT2D eigenvalue weighted by Gasteiger charge is -1.93. The van der Waals surface area contributed by atoms with E-state index in [9.17, 15) is 10.1 Å². The summed E-state index contributed by atoms with van der Waals surface area (Å²) in [5.41, 5.74) is 5.86. The second-order valence-corrected chi connectivity index (χ2v) is 3.64. The summed E-state index contributed by atoms with van der Waals surface area (Å²) in [5.74, 6) is 0. The Morgan fingerprint density at radius 1 is 1.40 bits per heavy atom. The van der Waals surface area contributed by atoms with Crippen LogP contribution in [0.25, 0.3) is 10.6 Å². The van der Waals surface area contributed by atoms with Crippen LogP contribution in [0.5, 0.6) is 0 Å². The average Bonchev–Trinajstić information content (AvgIpc) is 2.65. The van der Waals surface area contributed by atoms with Crippen LogP contribution >= 0.6 is 11.3 Å². The molecule has 0 bridgehead atoms. The summed E-state index contributed by atoms with van der Waals surface area (Å²) >= 11 is 1.15. The predicted octanol–water partition coefficient (Wildman–Crippen LogP) is 1.09. The Balaban J connectivity index is 2.45. The summed E-state index contributed by atoms with van der Waals surface area (Å²) in [6.45, 7) is 0. The molecule has 0 radical (unpaired) electrons. The molecule has 2 heterocycles. The molecule has 2 aromatic heterocycles. The van der Waals surface area contributed by atoms with E-state index in [1.807, 2.05) is 0 Å². The number of anilines is 1. The van der Waals surface area contributed by atoms with Crippen molar-refractivity contribution in [3.63, 3.8) is 0 Å². The van der Waals surface area contributed by atoms with Crippen molar-refractivity contribution in [1.29, 1.82) is 0 Å². The van der Waals surface area contributed by atoms with Crippen molar-refractivity contribution in [2.24, 2.45) is 0 Å². The van der Waals surface area contributed by atoms with Gasteiger partial charge in [-0.3, -0.25) is 15.1 Å². The van der Waals surface area contributed by atoms with Gasteiger partial charge in [0.05, 0.1) is 4.92 Å². The van der Waals surface area contributed by atoms with Crippen LogP contribution in [0.15, 0.2) is 18.5 Å². The maximum atomic E-state index is 10.5. The fraction of sp³-hybridized carbons (Fsp3) is 0. The van der Waals surface area contributed by atoms with E-state index in [0.717, 1.165) is 11.3 Å². The SMILES string of the molecule is Nc1nnc(-c2cncc([N+](=O)[O-])c2)s1. The monoisotopic (exact) mass is 223 g/mol. The second kappa shape index (κ2) is 3.58. The van der Waals surface area contributed by atoms with Crippen LogP contribution in [0.3, 0.4) is 0 Å². The minimum Gasteiger partial charge on any atom is -0.374 e. The molecule has 8 heteroatoms. The zero-order chi connectivity index (χ0) is 10.8. The van der Waals surface area contributed by atoms with Crippen molar-refractivity contribution in [3.8, 4) is 10.6 Å². The Labute approximate surface area is 87.7 Å². The van der Waals surface area contributed by atoms with Gasteiger partial charge in [0.2, 0.25) is 5.13 Å². The zero-order valence-electron chi connectivity index (χ0n) is 7.32. The van der Waals surface area contributed by atoms with Gasteiger partial charge >= 0.3 is 0 Å². The normalized spacial score (nSPS) is 10.1. The summed E-state index contributed by atoms with van der Waals surface area (Å²) in [5, 5.41) is 18.7. The molecule has 0 saturated heterocycles. The van der Waals surface area contributed by atoms with Crippen LogP contribution in [0, 0.1) is 10.1 Å². The zero-order valence-corrected chi connectivity index (χ0v) is 8.14. The third kappa shape index (κ3) is 1.89. The summed E-state index contributed by atoms with van der Waals surface area (Å²) in [4.78, 5) is 13.7. The van der Waals surface area contributed by atoms with Crippen molar-refractivity contribution < 1.29 is 4.92 Å². The first-order valence-electron chi connectivity index (χ1n) is 3.85. The number of rotatable bonds is 2. The number of hydrogen-bond acceptors (Lipinski definition) is 7. The van der Waals surface area contributed by atoms with Crippen molar-refractivity contribution >= 4 is 22.2 Å². The molecule has 0 spiro atoms. The van der Waals surface area contributed by atoms with Crippen LogP contribution in [-0.2, 0) is 0 Å². The van der Waals surface area contributed by atoms with Crippen molar-refractivity contribution in [2.75, 3.05) is 5.73 Å². The fourth-order valence-electron chi connectivity index (χ4n) is 0.996. The van der Waals surface area contributed by atoms with Crippen molar-refractivity contribution in [2.45, 2.75) is 0 Å². The van der Waals surface area contributed by atoms with Gasteiger partial charge in [0.25, 0.3) is 5.69 Å². The lowest BCUT2D eigenvalue weighted by atomic mass is 10.3. The Bertz CT molecular complexity index is 512. The van der Waals surface area contributed by atoms with E-state index < -0.39 is 4.92 Å². The number of pyridine rings is 1. The molecule has 0 aromatic carbocycles. The van der Waals surface area contributed by atoms with Crippen LogP contribution in [-0.4, -0.2) is 20.1 Å². The van der Waals surface area contributed by atoms with Gasteiger partial charge in [-0.25, -0.2) is 0 Å². The van der Waals surface area contributed by atoms with Crippen LogP contribution in [0.4, 0.5) is 10.8 Å². The fourth-order valence-corrected chi connectivity index (χ4v) is 1.59. The van der Waals surface area contributed by atoms with Crippen LogP contribution in [0.1, 0.15) is 0 Å². The number of hydrogen-bond donors (Lipinski definition) is 1. The maximum Gasteiger partial charge on any atom is 0.288 e. The number of nitrogens with zero attached hydrogens (tertiary/aromatic N) is 4. The molecule has 0 aliphatic carbocycles. The third-order valence-corrected chi connectivity index (χ3v) is 2.42. The van der Waals surface area contributed by atoms with Gasteiger partial charge in [0, 0.05) is 17.8 Å². The average molecular weight is 223 g/mol. The second-order valence-electron chi connectivity index (χ2n) is 2.63. The van der Waals surface area contributed by atoms with E-state index in [1.165, 1.54) is 18.5 Å². The Morgan fingerprint density at radius 2 is 2.20 bits per heavy atom. The molecule has 0 fully saturated rings. The van der Waals surface area contributed by atoms with Gasteiger partial charge < -0.3 is 5.73 Å². The van der Waals surface area contributed by atoms with Crippen molar-refractivity contribution in [3.05, 3.63) is 28.6 Å². The molecule has 2 rings (SSSR count). The molecule has 0 aliphatic heterocycles. The highest BCUT2D eigenvalue weighted by Crippen LogP contribution is 2.26. The Kier molecular flexibility index (Phi) is 2.26. The van der Waals surface area contributed by atoms with E-state index >= 15 is 0 Å². The van der Waals surface area contributed by atoms with E-state index in [4.69, 9.17) is 5.73 Å². The van der Waals surface area contributed by atoms with Crippen LogP contribution in [0.2, 0.25) is 0 Å². The van der Waals surface area contributed by atoms with Gasteiger partial charge in [-0.2, -0.15) is 0 Å². The number of nitro groups is 1. The minimum absolute atomic E-state index is 0.0822. The first kappa shape index (κ1) is 9.46. The van der Waals surface area contributed by atoms with E-state index in [2.05, 4.69) is 15.2 Å². The summed E-state index contributed by atoms with van der Waals surface area (Å²) < 4.78 is 0. The molecule has 0 atom stereocenters. The van der Waals surface area contributed by atoms with Gasteiger partial charge in [-0.15, -0.1) is 10.2 Å². The lowest BCUT2D eigenvalue weighted by molar-refractivity contribution is -0.385. The minimum atomic E-state index is -0.513. The number of aromatic nitrogens is 3. The largest absolute Gasteiger partial charge is 0.374 e. The van der Waals surface area contributed by atoms with Gasteiger partial charge in [0.15, 0.2) is 5.01 Å². The molecule has 76 valence electrons. The van der Waals surface area contributed by atoms with Gasteiger partial charge in [0.1, 0.15) is 6.20 Å². The highest BCUT2D eigenvalue weighted by atomic mass is 32.1. The van der Waals surface area contributed by atoms with Gasteiger partial charge in [-0.05, 0) is 0 Å². The summed E-state index contributed by atoms with van der Waals surface area (Å²) in [7, 11) is 0. The first-order valence-corrected chi connectivity index (χ1v) is 4.67. The summed E-state index contributed by atoms with van der Waals surface area (Å²) in [6, 6.07) is 1.38. The smallest absolute Gasteiger partial charge is 0.288 e. The van der Waals surface area contributed by atoms with Crippen LogP contribution < -0.4 is 5.73 Å². The number of nitrogen functional groups attached to an aromatic ring is 1. The molecule has 0 aliphatic rings. The molecule has 2 aromatic rings. The van der Waals surface area contributed by atoms with Crippen molar-refractivity contribution in [1.82, 2.24) is 15.2 Å². The lowest BCUT2D eigenvalue weighted by Crippen LogP contribution is -1.89. The first-order chi connectivity index (χ1) is 7.16. The molecular weight excluding hydrogens is 218 g/mol. The Hall–Kier alpha value is -2.09. The summed E-state index contributed by atoms with van der Waals surface area (Å²) in [6.07, 6.45) is 2.65. The van der Waals surface area contributed by atoms with E-state index in [1.54, 1.807) is 0 Å². The predicted molar refractivity (Wildman–Crippen MR) is 54.2 cm³/mol.